The molecule has 21 heavy (non-hydrogen) atoms. The second kappa shape index (κ2) is 6.29. The van der Waals surface area contributed by atoms with E-state index in [2.05, 4.69) is 5.32 Å². The van der Waals surface area contributed by atoms with Crippen molar-refractivity contribution in [2.45, 2.75) is 39.2 Å². The number of carbonyl (C=O) groups excluding carboxylic acids is 2. The van der Waals surface area contributed by atoms with E-state index in [1.54, 1.807) is 4.90 Å². The topological polar surface area (TPSA) is 49.4 Å². The van der Waals surface area contributed by atoms with Crippen LogP contribution in [0, 0.1) is 5.92 Å². The van der Waals surface area contributed by atoms with Crippen LogP contribution in [0.15, 0.2) is 30.3 Å². The summed E-state index contributed by atoms with van der Waals surface area (Å²) in [5.74, 6) is -0.0393. The van der Waals surface area contributed by atoms with Gasteiger partial charge in [-0.3, -0.25) is 9.59 Å². The first kappa shape index (κ1) is 15.5. The summed E-state index contributed by atoms with van der Waals surface area (Å²) in [5, 5.41) is 3.01. The Morgan fingerprint density at radius 3 is 2.48 bits per heavy atom. The third-order valence-corrected chi connectivity index (χ3v) is 3.60. The van der Waals surface area contributed by atoms with E-state index < -0.39 is 0 Å². The minimum Gasteiger partial charge on any atom is -0.351 e. The summed E-state index contributed by atoms with van der Waals surface area (Å²) in [6.45, 7) is 7.16. The van der Waals surface area contributed by atoms with E-state index in [1.165, 1.54) is 0 Å². The van der Waals surface area contributed by atoms with Gasteiger partial charge in [0.25, 0.3) is 5.91 Å². The maximum atomic E-state index is 12.4. The number of hydrogen-bond donors (Lipinski definition) is 1. The van der Waals surface area contributed by atoms with E-state index in [1.807, 2.05) is 51.1 Å². The lowest BCUT2D eigenvalue weighted by molar-refractivity contribution is -0.127. The standard InChI is InChI=1S/C17H24N2O2/c1-17(2,3)18-15(20)14-10-7-11-19(12-14)16(21)13-8-5-4-6-9-13/h4-6,8-9,14H,7,10-12H2,1-3H3,(H,18,20). The SMILES string of the molecule is CC(C)(C)NC(=O)C1CCCN(C(=O)c2ccccc2)C1. The molecule has 0 aliphatic carbocycles. The number of hydrogen-bond acceptors (Lipinski definition) is 2. The van der Waals surface area contributed by atoms with E-state index in [-0.39, 0.29) is 23.3 Å². The van der Waals surface area contributed by atoms with Crippen molar-refractivity contribution in [2.24, 2.45) is 5.92 Å². The normalized spacial score (nSPS) is 19.2. The molecular weight excluding hydrogens is 264 g/mol. The molecule has 0 spiro atoms. The van der Waals surface area contributed by atoms with Gasteiger partial charge >= 0.3 is 0 Å². The zero-order chi connectivity index (χ0) is 15.5. The molecule has 4 heteroatoms. The van der Waals surface area contributed by atoms with Crippen LogP contribution in [-0.2, 0) is 4.79 Å². The molecule has 0 radical (unpaired) electrons. The fraction of sp³-hybridized carbons (Fsp3) is 0.529. The Bertz CT molecular complexity index is 505. The average Bonchev–Trinajstić information content (AvgIpc) is 2.46. The van der Waals surface area contributed by atoms with Gasteiger partial charge in [-0.05, 0) is 45.7 Å². The van der Waals surface area contributed by atoms with Gasteiger partial charge in [0.1, 0.15) is 0 Å². The van der Waals surface area contributed by atoms with Gasteiger partial charge in [-0.15, -0.1) is 0 Å². The second-order valence-electron chi connectivity index (χ2n) is 6.70. The molecule has 1 heterocycles. The maximum absolute atomic E-state index is 12.4. The number of carbonyl (C=O) groups is 2. The Kier molecular flexibility index (Phi) is 4.66. The number of nitrogens with zero attached hydrogens (tertiary/aromatic N) is 1. The highest BCUT2D eigenvalue weighted by molar-refractivity contribution is 5.94. The maximum Gasteiger partial charge on any atom is 0.253 e. The van der Waals surface area contributed by atoms with Gasteiger partial charge in [-0.25, -0.2) is 0 Å². The van der Waals surface area contributed by atoms with Crippen LogP contribution in [-0.4, -0.2) is 35.3 Å². The number of nitrogens with one attached hydrogen (secondary N) is 1. The number of benzene rings is 1. The lowest BCUT2D eigenvalue weighted by Gasteiger charge is -2.33. The zero-order valence-electron chi connectivity index (χ0n) is 13.1. The number of piperidine rings is 1. The van der Waals surface area contributed by atoms with Gasteiger partial charge < -0.3 is 10.2 Å². The van der Waals surface area contributed by atoms with Crippen LogP contribution in [0.25, 0.3) is 0 Å². The van der Waals surface area contributed by atoms with Crippen molar-refractivity contribution in [3.63, 3.8) is 0 Å². The third-order valence-electron chi connectivity index (χ3n) is 3.60. The van der Waals surface area contributed by atoms with Gasteiger partial charge in [0.15, 0.2) is 0 Å². The molecule has 1 fully saturated rings. The molecule has 2 rings (SSSR count). The monoisotopic (exact) mass is 288 g/mol. The van der Waals surface area contributed by atoms with Crippen molar-refractivity contribution in [2.75, 3.05) is 13.1 Å². The molecule has 2 amide bonds. The van der Waals surface area contributed by atoms with Gasteiger partial charge in [-0.2, -0.15) is 0 Å². The van der Waals surface area contributed by atoms with Crippen molar-refractivity contribution < 1.29 is 9.59 Å². The summed E-state index contributed by atoms with van der Waals surface area (Å²) in [4.78, 5) is 26.5. The van der Waals surface area contributed by atoms with Crippen LogP contribution in [0.4, 0.5) is 0 Å². The predicted octanol–water partition coefficient (Wildman–Crippen LogP) is 2.45. The van der Waals surface area contributed by atoms with Crippen LogP contribution in [0.3, 0.4) is 0 Å². The number of amides is 2. The molecule has 4 nitrogen and oxygen atoms in total. The summed E-state index contributed by atoms with van der Waals surface area (Å²) in [6, 6.07) is 9.26. The van der Waals surface area contributed by atoms with E-state index >= 15 is 0 Å². The zero-order valence-corrected chi connectivity index (χ0v) is 13.1. The Morgan fingerprint density at radius 1 is 1.19 bits per heavy atom. The van der Waals surface area contributed by atoms with E-state index in [9.17, 15) is 9.59 Å². The molecule has 0 saturated carbocycles. The van der Waals surface area contributed by atoms with Crippen LogP contribution >= 0.6 is 0 Å². The largest absolute Gasteiger partial charge is 0.351 e. The highest BCUT2D eigenvalue weighted by Crippen LogP contribution is 2.19. The molecule has 1 aromatic carbocycles. The smallest absolute Gasteiger partial charge is 0.253 e. The molecular formula is C17H24N2O2. The first-order chi connectivity index (χ1) is 9.87. The molecule has 1 N–H and O–H groups in total. The second-order valence-corrected chi connectivity index (χ2v) is 6.70. The molecule has 0 bridgehead atoms. The fourth-order valence-corrected chi connectivity index (χ4v) is 2.61. The van der Waals surface area contributed by atoms with Crippen molar-refractivity contribution in [3.8, 4) is 0 Å². The minimum absolute atomic E-state index is 0.0175. The third kappa shape index (κ3) is 4.31. The molecule has 1 aliphatic rings. The van der Waals surface area contributed by atoms with Gasteiger partial charge in [-0.1, -0.05) is 18.2 Å². The van der Waals surface area contributed by atoms with Crippen molar-refractivity contribution in [1.29, 1.82) is 0 Å². The quantitative estimate of drug-likeness (QED) is 0.908. The molecule has 1 saturated heterocycles. The van der Waals surface area contributed by atoms with E-state index in [0.717, 1.165) is 19.4 Å². The van der Waals surface area contributed by atoms with Crippen LogP contribution < -0.4 is 5.32 Å². The Morgan fingerprint density at radius 2 is 1.86 bits per heavy atom. The molecule has 1 aromatic rings. The average molecular weight is 288 g/mol. The van der Waals surface area contributed by atoms with Crippen LogP contribution in [0.5, 0.6) is 0 Å². The van der Waals surface area contributed by atoms with Crippen molar-refractivity contribution >= 4 is 11.8 Å². The highest BCUT2D eigenvalue weighted by Gasteiger charge is 2.30. The summed E-state index contributed by atoms with van der Waals surface area (Å²) >= 11 is 0. The molecule has 0 aromatic heterocycles. The fourth-order valence-electron chi connectivity index (χ4n) is 2.61. The summed E-state index contributed by atoms with van der Waals surface area (Å²) in [5.41, 5.74) is 0.456. The van der Waals surface area contributed by atoms with E-state index in [4.69, 9.17) is 0 Å². The number of rotatable bonds is 2. The van der Waals surface area contributed by atoms with E-state index in [0.29, 0.717) is 12.1 Å². The summed E-state index contributed by atoms with van der Waals surface area (Å²) < 4.78 is 0. The van der Waals surface area contributed by atoms with Gasteiger partial charge in [0, 0.05) is 24.2 Å². The predicted molar refractivity (Wildman–Crippen MR) is 83.0 cm³/mol. The molecule has 114 valence electrons. The molecule has 1 aliphatic heterocycles. The summed E-state index contributed by atoms with van der Waals surface area (Å²) in [6.07, 6.45) is 1.72. The van der Waals surface area contributed by atoms with Gasteiger partial charge in [0.05, 0.1) is 5.92 Å². The van der Waals surface area contributed by atoms with Crippen molar-refractivity contribution in [1.82, 2.24) is 10.2 Å². The lowest BCUT2D eigenvalue weighted by Crippen LogP contribution is -2.49. The summed E-state index contributed by atoms with van der Waals surface area (Å²) in [7, 11) is 0. The van der Waals surface area contributed by atoms with Crippen LogP contribution in [0.2, 0.25) is 0 Å². The Hall–Kier alpha value is -1.84. The van der Waals surface area contributed by atoms with Crippen molar-refractivity contribution in [3.05, 3.63) is 35.9 Å². The van der Waals surface area contributed by atoms with Crippen LogP contribution in [0.1, 0.15) is 44.0 Å². The number of likely N-dealkylation sites (tertiary alicyclic amines) is 1. The lowest BCUT2D eigenvalue weighted by atomic mass is 9.95. The minimum atomic E-state index is -0.233. The molecule has 1 atom stereocenters. The Labute approximate surface area is 126 Å². The Balaban J connectivity index is 2.01. The molecule has 1 unspecified atom stereocenters. The first-order valence-corrected chi connectivity index (χ1v) is 7.53. The first-order valence-electron chi connectivity index (χ1n) is 7.53. The highest BCUT2D eigenvalue weighted by atomic mass is 16.2. The van der Waals surface area contributed by atoms with Gasteiger partial charge in [0.2, 0.25) is 5.91 Å².